The Morgan fingerprint density at radius 1 is 1.29 bits per heavy atom. The van der Waals surface area contributed by atoms with E-state index in [1.165, 1.54) is 0 Å². The molecule has 0 amide bonds. The zero-order chi connectivity index (χ0) is 13.1. The Kier molecular flexibility index (Phi) is 3.77. The van der Waals surface area contributed by atoms with Gasteiger partial charge in [-0.2, -0.15) is 13.2 Å². The SMILES string of the molecule is C=C(COc1ccc(C(F)(F)F)cc1)C(=O)O. The maximum atomic E-state index is 12.2. The number of carbonyl (C=O) groups is 1. The molecule has 0 aromatic heterocycles. The number of carboxylic acid groups (broad SMARTS) is 1. The molecule has 0 unspecified atom stereocenters. The van der Waals surface area contributed by atoms with Gasteiger partial charge in [-0.05, 0) is 24.3 Å². The largest absolute Gasteiger partial charge is 0.489 e. The number of hydrogen-bond acceptors (Lipinski definition) is 2. The molecule has 0 aliphatic heterocycles. The lowest BCUT2D eigenvalue weighted by molar-refractivity contribution is -0.137. The Bertz CT molecular complexity index is 421. The lowest BCUT2D eigenvalue weighted by Crippen LogP contribution is -2.09. The van der Waals surface area contributed by atoms with Crippen molar-refractivity contribution < 1.29 is 27.8 Å². The second-order valence-corrected chi connectivity index (χ2v) is 3.22. The summed E-state index contributed by atoms with van der Waals surface area (Å²) in [6.07, 6.45) is -4.40. The van der Waals surface area contributed by atoms with Gasteiger partial charge < -0.3 is 9.84 Å². The molecule has 0 spiro atoms. The predicted octanol–water partition coefficient (Wildman–Crippen LogP) is 2.73. The predicted molar refractivity (Wildman–Crippen MR) is 53.7 cm³/mol. The van der Waals surface area contributed by atoms with Crippen LogP contribution >= 0.6 is 0 Å². The van der Waals surface area contributed by atoms with E-state index in [-0.39, 0.29) is 17.9 Å². The number of ether oxygens (including phenoxy) is 1. The number of carboxylic acids is 1. The van der Waals surface area contributed by atoms with Gasteiger partial charge in [0.05, 0.1) is 11.1 Å². The molecular weight excluding hydrogens is 237 g/mol. The third-order valence-electron chi connectivity index (χ3n) is 1.90. The molecule has 92 valence electrons. The van der Waals surface area contributed by atoms with Crippen LogP contribution in [0.25, 0.3) is 0 Å². The van der Waals surface area contributed by atoms with Crippen molar-refractivity contribution in [3.63, 3.8) is 0 Å². The van der Waals surface area contributed by atoms with E-state index < -0.39 is 17.7 Å². The first-order valence-corrected chi connectivity index (χ1v) is 4.52. The van der Waals surface area contributed by atoms with Crippen molar-refractivity contribution >= 4 is 5.97 Å². The quantitative estimate of drug-likeness (QED) is 0.831. The highest BCUT2D eigenvalue weighted by Gasteiger charge is 2.29. The van der Waals surface area contributed by atoms with Crippen molar-refractivity contribution in [1.29, 1.82) is 0 Å². The number of rotatable bonds is 4. The highest BCUT2D eigenvalue weighted by molar-refractivity contribution is 5.86. The molecule has 1 rings (SSSR count). The summed E-state index contributed by atoms with van der Waals surface area (Å²) in [4.78, 5) is 10.4. The Labute approximate surface area is 95.1 Å². The monoisotopic (exact) mass is 246 g/mol. The van der Waals surface area contributed by atoms with E-state index in [2.05, 4.69) is 6.58 Å². The topological polar surface area (TPSA) is 46.5 Å². The molecule has 0 atom stereocenters. The highest BCUT2D eigenvalue weighted by Crippen LogP contribution is 2.30. The first kappa shape index (κ1) is 13.1. The summed E-state index contributed by atoms with van der Waals surface area (Å²) in [6.45, 7) is 2.94. The summed E-state index contributed by atoms with van der Waals surface area (Å²) in [5.74, 6) is -1.06. The number of aliphatic carboxylic acids is 1. The average Bonchev–Trinajstić information content (AvgIpc) is 2.25. The van der Waals surface area contributed by atoms with Gasteiger partial charge in [-0.1, -0.05) is 6.58 Å². The molecule has 17 heavy (non-hydrogen) atoms. The summed E-state index contributed by atoms with van der Waals surface area (Å²) in [6, 6.07) is 3.97. The Hall–Kier alpha value is -1.98. The van der Waals surface area contributed by atoms with Crippen LogP contribution in [0.3, 0.4) is 0 Å². The van der Waals surface area contributed by atoms with Crippen molar-refractivity contribution in [3.05, 3.63) is 42.0 Å². The summed E-state index contributed by atoms with van der Waals surface area (Å²) in [5.41, 5.74) is -0.966. The van der Waals surface area contributed by atoms with E-state index in [9.17, 15) is 18.0 Å². The van der Waals surface area contributed by atoms with Gasteiger partial charge in [0.1, 0.15) is 12.4 Å². The molecule has 0 fully saturated rings. The minimum atomic E-state index is -4.40. The van der Waals surface area contributed by atoms with Crippen molar-refractivity contribution in [2.45, 2.75) is 6.18 Å². The van der Waals surface area contributed by atoms with Gasteiger partial charge in [0, 0.05) is 0 Å². The second kappa shape index (κ2) is 4.90. The average molecular weight is 246 g/mol. The Morgan fingerprint density at radius 2 is 1.82 bits per heavy atom. The van der Waals surface area contributed by atoms with E-state index in [0.717, 1.165) is 24.3 Å². The molecule has 1 aromatic rings. The van der Waals surface area contributed by atoms with Crippen LogP contribution in [0.5, 0.6) is 5.75 Å². The highest BCUT2D eigenvalue weighted by atomic mass is 19.4. The van der Waals surface area contributed by atoms with Gasteiger partial charge >= 0.3 is 12.1 Å². The molecule has 0 radical (unpaired) electrons. The van der Waals surface area contributed by atoms with Crippen LogP contribution in [-0.2, 0) is 11.0 Å². The normalized spacial score (nSPS) is 11.0. The second-order valence-electron chi connectivity index (χ2n) is 3.22. The zero-order valence-corrected chi connectivity index (χ0v) is 8.62. The van der Waals surface area contributed by atoms with Crippen LogP contribution in [0.4, 0.5) is 13.2 Å². The molecule has 0 heterocycles. The van der Waals surface area contributed by atoms with Gasteiger partial charge in [-0.3, -0.25) is 0 Å². The van der Waals surface area contributed by atoms with Crippen LogP contribution in [-0.4, -0.2) is 17.7 Å². The number of hydrogen-bond donors (Lipinski definition) is 1. The number of benzene rings is 1. The summed E-state index contributed by atoms with van der Waals surface area (Å²) in [5, 5.41) is 8.48. The van der Waals surface area contributed by atoms with E-state index in [0.29, 0.717) is 0 Å². The fraction of sp³-hybridized carbons (Fsp3) is 0.182. The molecule has 0 aliphatic carbocycles. The fourth-order valence-corrected chi connectivity index (χ4v) is 0.972. The van der Waals surface area contributed by atoms with Crippen molar-refractivity contribution in [3.8, 4) is 5.75 Å². The zero-order valence-electron chi connectivity index (χ0n) is 8.62. The van der Waals surface area contributed by atoms with Crippen LogP contribution in [0.2, 0.25) is 0 Å². The first-order chi connectivity index (χ1) is 7.80. The van der Waals surface area contributed by atoms with E-state index in [1.807, 2.05) is 0 Å². The first-order valence-electron chi connectivity index (χ1n) is 4.52. The lowest BCUT2D eigenvalue weighted by atomic mass is 10.2. The molecular formula is C11H9F3O3. The van der Waals surface area contributed by atoms with Crippen molar-refractivity contribution in [2.75, 3.05) is 6.61 Å². The minimum absolute atomic E-state index is 0.153. The molecule has 0 saturated carbocycles. The van der Waals surface area contributed by atoms with Gasteiger partial charge in [-0.15, -0.1) is 0 Å². The Balaban J connectivity index is 2.63. The third kappa shape index (κ3) is 3.82. The molecule has 3 nitrogen and oxygen atoms in total. The van der Waals surface area contributed by atoms with E-state index in [4.69, 9.17) is 9.84 Å². The minimum Gasteiger partial charge on any atom is -0.489 e. The molecule has 0 saturated heterocycles. The summed E-state index contributed by atoms with van der Waals surface area (Å²) in [7, 11) is 0. The van der Waals surface area contributed by atoms with Crippen molar-refractivity contribution in [1.82, 2.24) is 0 Å². The smallest absolute Gasteiger partial charge is 0.416 e. The Morgan fingerprint density at radius 3 is 2.24 bits per heavy atom. The fourth-order valence-electron chi connectivity index (χ4n) is 0.972. The van der Waals surface area contributed by atoms with Crippen LogP contribution in [0, 0.1) is 0 Å². The lowest BCUT2D eigenvalue weighted by Gasteiger charge is -2.08. The van der Waals surface area contributed by atoms with Gasteiger partial charge in [0.25, 0.3) is 0 Å². The molecule has 0 bridgehead atoms. The number of alkyl halides is 3. The summed E-state index contributed by atoms with van der Waals surface area (Å²) < 4.78 is 41.6. The maximum Gasteiger partial charge on any atom is 0.416 e. The third-order valence-corrected chi connectivity index (χ3v) is 1.90. The van der Waals surface area contributed by atoms with E-state index >= 15 is 0 Å². The van der Waals surface area contributed by atoms with Gasteiger partial charge in [0.15, 0.2) is 0 Å². The van der Waals surface area contributed by atoms with E-state index in [1.54, 1.807) is 0 Å². The van der Waals surface area contributed by atoms with Crippen molar-refractivity contribution in [2.24, 2.45) is 0 Å². The number of halogens is 3. The molecule has 0 aliphatic rings. The molecule has 1 N–H and O–H groups in total. The van der Waals surface area contributed by atoms with Gasteiger partial charge in [-0.25, -0.2) is 4.79 Å². The van der Waals surface area contributed by atoms with Crippen LogP contribution in [0.1, 0.15) is 5.56 Å². The van der Waals surface area contributed by atoms with Gasteiger partial charge in [0.2, 0.25) is 0 Å². The molecule has 1 aromatic carbocycles. The van der Waals surface area contributed by atoms with Crippen LogP contribution < -0.4 is 4.74 Å². The standard InChI is InChI=1S/C11H9F3O3/c1-7(10(15)16)6-17-9-4-2-8(3-5-9)11(12,13)14/h2-5H,1,6H2,(H,15,16). The summed E-state index contributed by atoms with van der Waals surface area (Å²) >= 11 is 0. The maximum absolute atomic E-state index is 12.2. The molecule has 6 heteroatoms. The van der Waals surface area contributed by atoms with Crippen LogP contribution in [0.15, 0.2) is 36.4 Å².